The Labute approximate surface area is 101 Å². The highest BCUT2D eigenvalue weighted by Gasteiger charge is 2.08. The Kier molecular flexibility index (Phi) is 5.05. The predicted octanol–water partition coefficient (Wildman–Crippen LogP) is 1.45. The summed E-state index contributed by atoms with van der Waals surface area (Å²) in [5.74, 6) is 5.37. The van der Waals surface area contributed by atoms with Gasteiger partial charge < -0.3 is 15.2 Å². The number of aliphatic hydroxyl groups excluding tert-OH is 1. The maximum Gasteiger partial charge on any atom is 0.407 e. The Balaban J connectivity index is 2.70. The maximum absolute atomic E-state index is 11.0. The van der Waals surface area contributed by atoms with Gasteiger partial charge in [-0.2, -0.15) is 0 Å². The van der Waals surface area contributed by atoms with Gasteiger partial charge in [0.1, 0.15) is 6.61 Å². The zero-order chi connectivity index (χ0) is 12.7. The Morgan fingerprint density at radius 1 is 1.47 bits per heavy atom. The molecule has 90 valence electrons. The van der Waals surface area contributed by atoms with E-state index in [2.05, 4.69) is 21.9 Å². The average molecular weight is 233 g/mol. The van der Waals surface area contributed by atoms with Crippen molar-refractivity contribution in [2.24, 2.45) is 0 Å². The van der Waals surface area contributed by atoms with E-state index >= 15 is 0 Å². The van der Waals surface area contributed by atoms with Gasteiger partial charge in [-0.3, -0.25) is 0 Å². The number of methoxy groups -OCH3 is 1. The quantitative estimate of drug-likeness (QED) is 0.760. The smallest absolute Gasteiger partial charge is 0.407 e. The fraction of sp³-hybridized carbons (Fsp3) is 0.308. The number of alkyl carbamates (subject to hydrolysis) is 1. The molecule has 0 aliphatic rings. The van der Waals surface area contributed by atoms with E-state index in [0.29, 0.717) is 0 Å². The third kappa shape index (κ3) is 4.17. The molecule has 4 heteroatoms. The summed E-state index contributed by atoms with van der Waals surface area (Å²) in [6, 6.07) is 7.31. The van der Waals surface area contributed by atoms with Gasteiger partial charge in [0.25, 0.3) is 0 Å². The highest BCUT2D eigenvalue weighted by molar-refractivity contribution is 5.67. The van der Waals surface area contributed by atoms with E-state index < -0.39 is 6.09 Å². The molecule has 0 spiro atoms. The molecule has 0 aliphatic heterocycles. The zero-order valence-electron chi connectivity index (χ0n) is 9.86. The molecule has 0 heterocycles. The highest BCUT2D eigenvalue weighted by Crippen LogP contribution is 2.13. The number of carbonyl (C=O) groups is 1. The molecule has 0 fully saturated rings. The van der Waals surface area contributed by atoms with Crippen molar-refractivity contribution in [1.82, 2.24) is 5.32 Å². The predicted molar refractivity (Wildman–Crippen MR) is 64.4 cm³/mol. The Bertz CT molecular complexity index is 428. The van der Waals surface area contributed by atoms with Crippen LogP contribution < -0.4 is 5.32 Å². The lowest BCUT2D eigenvalue weighted by Crippen LogP contribution is -2.26. The summed E-state index contributed by atoms with van der Waals surface area (Å²) in [6.07, 6.45) is -0.457. The summed E-state index contributed by atoms with van der Waals surface area (Å²) in [5.41, 5.74) is 1.79. The molecule has 0 radical (unpaired) electrons. The number of benzene rings is 1. The van der Waals surface area contributed by atoms with Gasteiger partial charge in [-0.25, -0.2) is 4.79 Å². The van der Waals surface area contributed by atoms with E-state index in [4.69, 9.17) is 5.11 Å². The monoisotopic (exact) mass is 233 g/mol. The summed E-state index contributed by atoms with van der Waals surface area (Å²) in [4.78, 5) is 11.0. The lowest BCUT2D eigenvalue weighted by atomic mass is 10.1. The van der Waals surface area contributed by atoms with Crippen molar-refractivity contribution in [3.63, 3.8) is 0 Å². The Morgan fingerprint density at radius 3 is 2.65 bits per heavy atom. The summed E-state index contributed by atoms with van der Waals surface area (Å²) in [6.45, 7) is 1.72. The molecule has 0 aliphatic carbocycles. The van der Waals surface area contributed by atoms with Crippen LogP contribution >= 0.6 is 0 Å². The molecule has 0 bridgehead atoms. The summed E-state index contributed by atoms with van der Waals surface area (Å²) in [7, 11) is 1.33. The van der Waals surface area contributed by atoms with E-state index in [-0.39, 0.29) is 12.6 Å². The number of rotatable bonds is 2. The number of ether oxygens (including phenoxy) is 1. The normalized spacial score (nSPS) is 11.0. The topological polar surface area (TPSA) is 58.6 Å². The van der Waals surface area contributed by atoms with Crippen LogP contribution in [0.15, 0.2) is 24.3 Å². The average Bonchev–Trinajstić information content (AvgIpc) is 2.36. The van der Waals surface area contributed by atoms with Crippen LogP contribution in [0.4, 0.5) is 4.79 Å². The van der Waals surface area contributed by atoms with E-state index in [9.17, 15) is 4.79 Å². The minimum Gasteiger partial charge on any atom is -0.453 e. The molecule has 0 saturated carbocycles. The number of amides is 1. The SMILES string of the molecule is COC(=O)NC(C)c1ccc(C#CCO)cc1. The molecule has 4 nitrogen and oxygen atoms in total. The second-order valence-electron chi connectivity index (χ2n) is 3.44. The number of hydrogen-bond acceptors (Lipinski definition) is 3. The fourth-order valence-electron chi connectivity index (χ4n) is 1.32. The summed E-state index contributed by atoms with van der Waals surface area (Å²) < 4.78 is 4.52. The number of aliphatic hydroxyl groups is 1. The minimum absolute atomic E-state index is 0.123. The Morgan fingerprint density at radius 2 is 2.12 bits per heavy atom. The molecule has 1 rings (SSSR count). The van der Waals surface area contributed by atoms with Gasteiger partial charge in [-0.15, -0.1) is 0 Å². The zero-order valence-corrected chi connectivity index (χ0v) is 9.86. The van der Waals surface area contributed by atoms with E-state index in [1.165, 1.54) is 7.11 Å². The standard InChI is InChI=1S/C13H15NO3/c1-10(14-13(16)17-2)12-7-5-11(6-8-12)4-3-9-15/h5-8,10,15H,9H2,1-2H3,(H,14,16). The highest BCUT2D eigenvalue weighted by atomic mass is 16.5. The van der Waals surface area contributed by atoms with E-state index in [1.807, 2.05) is 31.2 Å². The van der Waals surface area contributed by atoms with Crippen molar-refractivity contribution in [2.45, 2.75) is 13.0 Å². The molecule has 17 heavy (non-hydrogen) atoms. The van der Waals surface area contributed by atoms with Gasteiger partial charge in [0.15, 0.2) is 0 Å². The minimum atomic E-state index is -0.457. The van der Waals surface area contributed by atoms with Gasteiger partial charge in [0, 0.05) is 5.56 Å². The van der Waals surface area contributed by atoms with Crippen LogP contribution in [0.3, 0.4) is 0 Å². The third-order valence-corrected chi connectivity index (χ3v) is 2.24. The van der Waals surface area contributed by atoms with Crippen molar-refractivity contribution in [3.05, 3.63) is 35.4 Å². The van der Waals surface area contributed by atoms with Crippen molar-refractivity contribution in [3.8, 4) is 11.8 Å². The molecule has 1 aromatic carbocycles. The van der Waals surface area contributed by atoms with Gasteiger partial charge in [-0.1, -0.05) is 24.0 Å². The number of hydrogen-bond donors (Lipinski definition) is 2. The molecule has 0 aromatic heterocycles. The van der Waals surface area contributed by atoms with Crippen LogP contribution in [0.1, 0.15) is 24.1 Å². The van der Waals surface area contributed by atoms with Crippen LogP contribution in [0, 0.1) is 11.8 Å². The second-order valence-corrected chi connectivity index (χ2v) is 3.44. The molecule has 1 unspecified atom stereocenters. The van der Waals surface area contributed by atoms with Crippen molar-refractivity contribution < 1.29 is 14.6 Å². The van der Waals surface area contributed by atoms with Gasteiger partial charge in [0.2, 0.25) is 0 Å². The molecule has 1 amide bonds. The number of nitrogens with one attached hydrogen (secondary N) is 1. The fourth-order valence-corrected chi connectivity index (χ4v) is 1.32. The van der Waals surface area contributed by atoms with Crippen molar-refractivity contribution >= 4 is 6.09 Å². The Hall–Kier alpha value is -1.99. The third-order valence-electron chi connectivity index (χ3n) is 2.24. The lowest BCUT2D eigenvalue weighted by Gasteiger charge is -2.13. The van der Waals surface area contributed by atoms with E-state index in [1.54, 1.807) is 0 Å². The van der Waals surface area contributed by atoms with Gasteiger partial charge in [0.05, 0.1) is 13.2 Å². The molecule has 1 aromatic rings. The van der Waals surface area contributed by atoms with Crippen molar-refractivity contribution in [1.29, 1.82) is 0 Å². The first-order chi connectivity index (χ1) is 8.17. The van der Waals surface area contributed by atoms with Crippen molar-refractivity contribution in [2.75, 3.05) is 13.7 Å². The van der Waals surface area contributed by atoms with Crippen LogP contribution in [0.2, 0.25) is 0 Å². The molecule has 0 saturated heterocycles. The molecular formula is C13H15NO3. The molecular weight excluding hydrogens is 218 g/mol. The lowest BCUT2D eigenvalue weighted by molar-refractivity contribution is 0.167. The maximum atomic E-state index is 11.0. The molecule has 2 N–H and O–H groups in total. The first-order valence-electron chi connectivity index (χ1n) is 5.21. The van der Waals surface area contributed by atoms with Crippen LogP contribution in [-0.2, 0) is 4.74 Å². The van der Waals surface area contributed by atoms with Crippen LogP contribution in [0.5, 0.6) is 0 Å². The summed E-state index contributed by atoms with van der Waals surface area (Å²) >= 11 is 0. The van der Waals surface area contributed by atoms with Crippen LogP contribution in [-0.4, -0.2) is 24.9 Å². The first-order valence-corrected chi connectivity index (χ1v) is 5.21. The van der Waals surface area contributed by atoms with Gasteiger partial charge in [-0.05, 0) is 24.6 Å². The molecule has 1 atom stereocenters. The van der Waals surface area contributed by atoms with Crippen LogP contribution in [0.25, 0.3) is 0 Å². The first kappa shape index (κ1) is 13.1. The second kappa shape index (κ2) is 6.56. The van der Waals surface area contributed by atoms with Gasteiger partial charge >= 0.3 is 6.09 Å². The number of carbonyl (C=O) groups excluding carboxylic acids is 1. The summed E-state index contributed by atoms with van der Waals surface area (Å²) in [5, 5.41) is 11.2. The van der Waals surface area contributed by atoms with E-state index in [0.717, 1.165) is 11.1 Å². The largest absolute Gasteiger partial charge is 0.453 e.